The van der Waals surface area contributed by atoms with Crippen molar-refractivity contribution in [3.63, 3.8) is 0 Å². The Bertz CT molecular complexity index is 484. The molecule has 4 bridgehead atoms. The van der Waals surface area contributed by atoms with E-state index in [1.807, 2.05) is 0 Å². The zero-order valence-electron chi connectivity index (χ0n) is 18.5. The molecule has 0 amide bonds. The van der Waals surface area contributed by atoms with Crippen LogP contribution < -0.4 is 5.73 Å². The molecule has 29 heavy (non-hydrogen) atoms. The molecule has 0 aromatic heterocycles. The number of halogens is 2. The summed E-state index contributed by atoms with van der Waals surface area (Å²) in [6.45, 7) is 4.91. The van der Waals surface area contributed by atoms with Gasteiger partial charge in [0.2, 0.25) is 0 Å². The summed E-state index contributed by atoms with van der Waals surface area (Å²) in [5.41, 5.74) is 6.79. The molecule has 0 atom stereocenters. The van der Waals surface area contributed by atoms with E-state index in [0.717, 1.165) is 30.3 Å². The SMILES string of the molecule is CN(C(N)=NCCCCCCCN1CCCC1)C12CC3CC(CC(C3)C1)C2.Cl.Cl. The van der Waals surface area contributed by atoms with E-state index in [-0.39, 0.29) is 24.8 Å². The maximum absolute atomic E-state index is 6.44. The average molecular weight is 448 g/mol. The van der Waals surface area contributed by atoms with Gasteiger partial charge in [-0.15, -0.1) is 24.8 Å². The molecule has 5 fully saturated rings. The molecule has 6 heteroatoms. The lowest BCUT2D eigenvalue weighted by atomic mass is 9.52. The number of unbranched alkanes of at least 4 members (excludes halogenated alkanes) is 4. The number of guanidine groups is 1. The molecule has 1 aliphatic heterocycles. The van der Waals surface area contributed by atoms with Gasteiger partial charge >= 0.3 is 0 Å². The first-order chi connectivity index (χ1) is 13.1. The fraction of sp³-hybridized carbons (Fsp3) is 0.957. The van der Waals surface area contributed by atoms with E-state index in [0.29, 0.717) is 5.54 Å². The van der Waals surface area contributed by atoms with Crippen LogP contribution >= 0.6 is 24.8 Å². The van der Waals surface area contributed by atoms with Gasteiger partial charge in [0.15, 0.2) is 5.96 Å². The van der Waals surface area contributed by atoms with Crippen LogP contribution in [0, 0.1) is 17.8 Å². The Kier molecular flexibility index (Phi) is 9.89. The summed E-state index contributed by atoms with van der Waals surface area (Å²) < 4.78 is 0. The van der Waals surface area contributed by atoms with Crippen molar-refractivity contribution in [2.24, 2.45) is 28.5 Å². The minimum Gasteiger partial charge on any atom is -0.370 e. The molecule has 2 N–H and O–H groups in total. The van der Waals surface area contributed by atoms with Crippen LogP contribution in [0.3, 0.4) is 0 Å². The summed E-state index contributed by atoms with van der Waals surface area (Å²) in [4.78, 5) is 9.80. The van der Waals surface area contributed by atoms with Crippen molar-refractivity contribution in [3.05, 3.63) is 0 Å². The van der Waals surface area contributed by atoms with Crippen molar-refractivity contribution in [2.75, 3.05) is 33.2 Å². The van der Waals surface area contributed by atoms with Crippen molar-refractivity contribution in [2.45, 2.75) is 89.0 Å². The topological polar surface area (TPSA) is 44.9 Å². The summed E-state index contributed by atoms with van der Waals surface area (Å²) in [5.74, 6) is 3.71. The van der Waals surface area contributed by atoms with Crippen LogP contribution in [-0.4, -0.2) is 54.5 Å². The Balaban J connectivity index is 0.00000150. The highest BCUT2D eigenvalue weighted by Crippen LogP contribution is 2.57. The number of hydrogen-bond acceptors (Lipinski definition) is 2. The average Bonchev–Trinajstić information content (AvgIpc) is 3.15. The normalized spacial score (nSPS) is 33.4. The maximum Gasteiger partial charge on any atom is 0.191 e. The number of nitrogens with two attached hydrogens (primary N) is 1. The Hall–Kier alpha value is -0.190. The van der Waals surface area contributed by atoms with Gasteiger partial charge in [0, 0.05) is 19.1 Å². The fourth-order valence-corrected chi connectivity index (χ4v) is 7.00. The van der Waals surface area contributed by atoms with Crippen molar-refractivity contribution < 1.29 is 0 Å². The van der Waals surface area contributed by atoms with Crippen molar-refractivity contribution in [1.82, 2.24) is 9.80 Å². The van der Waals surface area contributed by atoms with Gasteiger partial charge in [-0.05, 0) is 102 Å². The van der Waals surface area contributed by atoms with E-state index in [4.69, 9.17) is 10.7 Å². The van der Waals surface area contributed by atoms with Crippen LogP contribution in [0.15, 0.2) is 4.99 Å². The summed E-state index contributed by atoms with van der Waals surface area (Å²) in [6.07, 6.45) is 18.0. The lowest BCUT2D eigenvalue weighted by molar-refractivity contribution is -0.0550. The Morgan fingerprint density at radius 2 is 1.41 bits per heavy atom. The second kappa shape index (κ2) is 11.4. The molecule has 4 nitrogen and oxygen atoms in total. The van der Waals surface area contributed by atoms with Crippen molar-refractivity contribution >= 4 is 30.8 Å². The highest BCUT2D eigenvalue weighted by molar-refractivity contribution is 5.85. The lowest BCUT2D eigenvalue weighted by Crippen LogP contribution is -2.61. The Labute approximate surface area is 191 Å². The summed E-state index contributed by atoms with van der Waals surface area (Å²) in [5, 5.41) is 0. The van der Waals surface area contributed by atoms with Gasteiger partial charge < -0.3 is 15.5 Å². The minimum absolute atomic E-state index is 0. The third kappa shape index (κ3) is 6.17. The first-order valence-electron chi connectivity index (χ1n) is 11.9. The standard InChI is InChI=1S/C23H42N4.2ClH/c1-26(23-16-19-13-20(17-23)15-21(14-19)18-23)22(24)25-9-5-3-2-4-6-10-27-11-7-8-12-27;;/h19-21H,2-18H2,1H3,(H2,24,25);2*1H. The predicted octanol–water partition coefficient (Wildman–Crippen LogP) is 5.09. The van der Waals surface area contributed by atoms with Gasteiger partial charge in [-0.3, -0.25) is 4.99 Å². The molecule has 1 heterocycles. The molecule has 0 aromatic carbocycles. The zero-order chi connectivity index (χ0) is 18.7. The van der Waals surface area contributed by atoms with Crippen LogP contribution in [0.2, 0.25) is 0 Å². The molecule has 0 aromatic rings. The smallest absolute Gasteiger partial charge is 0.191 e. The quantitative estimate of drug-likeness (QED) is 0.304. The molecule has 5 aliphatic rings. The molecule has 0 spiro atoms. The summed E-state index contributed by atoms with van der Waals surface area (Å²) in [6, 6.07) is 0. The van der Waals surface area contributed by atoms with E-state index >= 15 is 0 Å². The molecule has 1 saturated heterocycles. The first-order valence-corrected chi connectivity index (χ1v) is 11.9. The molecule has 4 aliphatic carbocycles. The van der Waals surface area contributed by atoms with Crippen LogP contribution in [0.1, 0.15) is 83.5 Å². The minimum atomic E-state index is 0. The molecular formula is C23H44Cl2N4. The lowest BCUT2D eigenvalue weighted by Gasteiger charge is -2.60. The zero-order valence-corrected chi connectivity index (χ0v) is 20.1. The van der Waals surface area contributed by atoms with Gasteiger partial charge in [0.1, 0.15) is 0 Å². The number of hydrogen-bond donors (Lipinski definition) is 1. The van der Waals surface area contributed by atoms with Crippen molar-refractivity contribution in [3.8, 4) is 0 Å². The fourth-order valence-electron chi connectivity index (χ4n) is 7.00. The monoisotopic (exact) mass is 446 g/mol. The molecule has 4 saturated carbocycles. The summed E-state index contributed by atoms with van der Waals surface area (Å²) >= 11 is 0. The van der Waals surface area contributed by atoms with Gasteiger partial charge in [-0.2, -0.15) is 0 Å². The third-order valence-corrected chi connectivity index (χ3v) is 8.17. The van der Waals surface area contributed by atoms with Crippen LogP contribution in [0.5, 0.6) is 0 Å². The molecule has 170 valence electrons. The van der Waals surface area contributed by atoms with E-state index in [2.05, 4.69) is 16.8 Å². The number of rotatable bonds is 9. The van der Waals surface area contributed by atoms with Crippen LogP contribution in [-0.2, 0) is 0 Å². The van der Waals surface area contributed by atoms with Gasteiger partial charge in [-0.25, -0.2) is 0 Å². The predicted molar refractivity (Wildman–Crippen MR) is 128 cm³/mol. The Morgan fingerprint density at radius 1 is 0.897 bits per heavy atom. The van der Waals surface area contributed by atoms with E-state index in [1.54, 1.807) is 0 Å². The largest absolute Gasteiger partial charge is 0.370 e. The number of aliphatic imine (C=N–C) groups is 1. The van der Waals surface area contributed by atoms with Gasteiger partial charge in [-0.1, -0.05) is 19.3 Å². The molecular weight excluding hydrogens is 403 g/mol. The van der Waals surface area contributed by atoms with Crippen molar-refractivity contribution in [1.29, 1.82) is 0 Å². The maximum atomic E-state index is 6.44. The van der Waals surface area contributed by atoms with Gasteiger partial charge in [0.25, 0.3) is 0 Å². The second-order valence-electron chi connectivity index (χ2n) is 10.3. The second-order valence-corrected chi connectivity index (χ2v) is 10.3. The van der Waals surface area contributed by atoms with Gasteiger partial charge in [0.05, 0.1) is 0 Å². The van der Waals surface area contributed by atoms with E-state index < -0.39 is 0 Å². The first kappa shape index (κ1) is 25.1. The highest BCUT2D eigenvalue weighted by atomic mass is 35.5. The Morgan fingerprint density at radius 3 is 2.00 bits per heavy atom. The van der Waals surface area contributed by atoms with E-state index in [1.165, 1.54) is 103 Å². The summed E-state index contributed by atoms with van der Waals surface area (Å²) in [7, 11) is 2.23. The molecule has 0 radical (unpaired) electrons. The molecule has 5 rings (SSSR count). The van der Waals surface area contributed by atoms with Crippen LogP contribution in [0.25, 0.3) is 0 Å². The number of likely N-dealkylation sites (tertiary alicyclic amines) is 1. The third-order valence-electron chi connectivity index (χ3n) is 8.17. The molecule has 0 unspecified atom stereocenters. The number of nitrogens with zero attached hydrogens (tertiary/aromatic N) is 3. The van der Waals surface area contributed by atoms with E-state index in [9.17, 15) is 0 Å². The highest BCUT2D eigenvalue weighted by Gasteiger charge is 2.53. The van der Waals surface area contributed by atoms with Crippen LogP contribution in [0.4, 0.5) is 0 Å².